The number of carbonyl (C=O) groups is 2. The van der Waals surface area contributed by atoms with E-state index in [0.717, 1.165) is 54.5 Å². The zero-order chi connectivity index (χ0) is 29.1. The van der Waals surface area contributed by atoms with Gasteiger partial charge in [0.05, 0.1) is 30.2 Å². The highest BCUT2D eigenvalue weighted by molar-refractivity contribution is 6.06. The molecule has 218 valence electrons. The quantitative estimate of drug-likeness (QED) is 0.282. The molecule has 2 heterocycles. The first-order chi connectivity index (χ1) is 19.8. The topological polar surface area (TPSA) is 111 Å². The van der Waals surface area contributed by atoms with Crippen LogP contribution in [0.25, 0.3) is 11.6 Å². The number of aliphatic hydroxyl groups is 2. The summed E-state index contributed by atoms with van der Waals surface area (Å²) in [5.74, 6) is -1.74. The molecule has 2 fully saturated rings. The average molecular weight is 559 g/mol. The zero-order valence-corrected chi connectivity index (χ0v) is 24.1. The number of aromatic hydroxyl groups is 1. The molecular weight excluding hydrogens is 516 g/mol. The molecule has 7 heteroatoms. The predicted octanol–water partition coefficient (Wildman–Crippen LogP) is 5.37. The number of aromatic nitrogens is 1. The van der Waals surface area contributed by atoms with Crippen molar-refractivity contribution >= 4 is 23.5 Å². The third-order valence-electron chi connectivity index (χ3n) is 9.29. The molecular formula is C34H42N2O5. The van der Waals surface area contributed by atoms with Crippen LogP contribution in [0.1, 0.15) is 76.5 Å². The van der Waals surface area contributed by atoms with Gasteiger partial charge in [-0.2, -0.15) is 0 Å². The summed E-state index contributed by atoms with van der Waals surface area (Å²) < 4.78 is 0. The molecule has 41 heavy (non-hydrogen) atoms. The number of hydrogen-bond donors (Lipinski definition) is 3. The molecule has 3 N–H and O–H groups in total. The van der Waals surface area contributed by atoms with E-state index in [0.29, 0.717) is 24.8 Å². The summed E-state index contributed by atoms with van der Waals surface area (Å²) in [6, 6.07) is 12.7. The normalized spacial score (nSPS) is 24.8. The lowest BCUT2D eigenvalue weighted by molar-refractivity contribution is -0.143. The minimum Gasteiger partial charge on any atom is -0.507 e. The van der Waals surface area contributed by atoms with Gasteiger partial charge in [0, 0.05) is 23.7 Å². The second-order valence-electron chi connectivity index (χ2n) is 12.1. The molecule has 1 aromatic carbocycles. The molecule has 1 saturated heterocycles. The van der Waals surface area contributed by atoms with Crippen molar-refractivity contribution in [3.05, 3.63) is 71.1 Å². The standard InChI is InChI=1S/C34H42N2O5/c1-21(2)25-19-26-32(34(41)36(33(26)40)24-11-4-3-5-12-24)27(20-37)31(25)30(39)16-15-22(28-13-8-9-17-35-28)18-23-10-6-7-14-29(23)38/h6-10,13-14,17-18,21,24,26-27,30,32,37-39H,3-5,11-12,15-16,19-20H2,1-2H3/b22-18-/t26-,27+,30-,32-/m1/s1. The number of para-hydroxylation sites is 1. The molecule has 0 unspecified atom stereocenters. The molecule has 0 spiro atoms. The largest absolute Gasteiger partial charge is 0.507 e. The zero-order valence-electron chi connectivity index (χ0n) is 24.1. The lowest BCUT2D eigenvalue weighted by Gasteiger charge is -2.38. The molecule has 5 rings (SSSR count). The van der Waals surface area contributed by atoms with E-state index < -0.39 is 23.9 Å². The molecule has 1 aliphatic heterocycles. The Balaban J connectivity index is 1.43. The van der Waals surface area contributed by atoms with Gasteiger partial charge in [-0.25, -0.2) is 0 Å². The highest BCUT2D eigenvalue weighted by Crippen LogP contribution is 2.49. The van der Waals surface area contributed by atoms with E-state index in [-0.39, 0.29) is 36.1 Å². The van der Waals surface area contributed by atoms with Crippen LogP contribution in [-0.4, -0.2) is 55.8 Å². The monoisotopic (exact) mass is 558 g/mol. The highest BCUT2D eigenvalue weighted by atomic mass is 16.3. The lowest BCUT2D eigenvalue weighted by atomic mass is 9.66. The minimum atomic E-state index is -0.895. The van der Waals surface area contributed by atoms with Gasteiger partial charge >= 0.3 is 0 Å². The average Bonchev–Trinajstić information content (AvgIpc) is 3.24. The smallest absolute Gasteiger partial charge is 0.234 e. The predicted molar refractivity (Wildman–Crippen MR) is 158 cm³/mol. The van der Waals surface area contributed by atoms with Gasteiger partial charge in [0.15, 0.2) is 0 Å². The number of hydrogen-bond acceptors (Lipinski definition) is 6. The van der Waals surface area contributed by atoms with Crippen molar-refractivity contribution in [1.29, 1.82) is 0 Å². The summed E-state index contributed by atoms with van der Waals surface area (Å²) in [4.78, 5) is 33.5. The summed E-state index contributed by atoms with van der Waals surface area (Å²) in [5.41, 5.74) is 3.98. The van der Waals surface area contributed by atoms with E-state index in [1.165, 1.54) is 4.90 Å². The van der Waals surface area contributed by atoms with Gasteiger partial charge in [0.1, 0.15) is 5.75 Å². The number of imide groups is 1. The Bertz CT molecular complexity index is 1310. The summed E-state index contributed by atoms with van der Waals surface area (Å²) in [6.45, 7) is 3.81. The van der Waals surface area contributed by atoms with Crippen LogP contribution in [0.5, 0.6) is 5.75 Å². The van der Waals surface area contributed by atoms with Gasteiger partial charge in [-0.15, -0.1) is 0 Å². The van der Waals surface area contributed by atoms with Gasteiger partial charge in [0.2, 0.25) is 11.8 Å². The number of amides is 2. The van der Waals surface area contributed by atoms with Gasteiger partial charge in [-0.3, -0.25) is 19.5 Å². The molecule has 2 amide bonds. The number of phenols is 1. The summed E-state index contributed by atoms with van der Waals surface area (Å²) in [6.07, 6.45) is 8.84. The van der Waals surface area contributed by atoms with Crippen molar-refractivity contribution in [3.63, 3.8) is 0 Å². The van der Waals surface area contributed by atoms with Gasteiger partial charge < -0.3 is 15.3 Å². The van der Waals surface area contributed by atoms with Crippen molar-refractivity contribution in [2.75, 3.05) is 6.61 Å². The van der Waals surface area contributed by atoms with E-state index in [1.54, 1.807) is 18.3 Å². The second-order valence-corrected chi connectivity index (χ2v) is 12.1. The first kappa shape index (κ1) is 29.2. The lowest BCUT2D eigenvalue weighted by Crippen LogP contribution is -2.42. The van der Waals surface area contributed by atoms with Crippen LogP contribution in [0.3, 0.4) is 0 Å². The van der Waals surface area contributed by atoms with Crippen LogP contribution >= 0.6 is 0 Å². The Morgan fingerprint density at radius 2 is 1.78 bits per heavy atom. The molecule has 1 saturated carbocycles. The number of fused-ring (bicyclic) bond motifs is 1. The molecule has 2 aromatic rings. The highest BCUT2D eigenvalue weighted by Gasteiger charge is 2.56. The second kappa shape index (κ2) is 12.7. The number of carbonyl (C=O) groups excluding carboxylic acids is 2. The molecule has 2 aliphatic carbocycles. The Hall–Kier alpha value is -3.29. The van der Waals surface area contributed by atoms with Gasteiger partial charge in [0.25, 0.3) is 0 Å². The summed E-state index contributed by atoms with van der Waals surface area (Å²) in [5, 5.41) is 32.8. The molecule has 1 aromatic heterocycles. The fraction of sp³-hybridized carbons (Fsp3) is 0.500. The van der Waals surface area contributed by atoms with Crippen molar-refractivity contribution in [2.24, 2.45) is 23.7 Å². The first-order valence-electron chi connectivity index (χ1n) is 15.1. The number of nitrogens with zero attached hydrogens (tertiary/aromatic N) is 2. The number of rotatable bonds is 9. The number of phenolic OH excluding ortho intramolecular Hbond substituents is 1. The number of likely N-dealkylation sites (tertiary alicyclic amines) is 1. The van der Waals surface area contributed by atoms with Crippen molar-refractivity contribution in [2.45, 2.75) is 77.4 Å². The maximum absolute atomic E-state index is 13.8. The van der Waals surface area contributed by atoms with E-state index in [2.05, 4.69) is 4.98 Å². The molecule has 3 aliphatic rings. The third kappa shape index (κ3) is 5.88. The SMILES string of the molecule is CC(C)C1=C([C@H](O)CC/C(=C/c2ccccc2O)c2ccccn2)[C@H](CO)[C@@H]2C(=O)N(C3CCCCC3)C(=O)[C@@H]2C1. The Kier molecular flexibility index (Phi) is 9.05. The van der Waals surface area contributed by atoms with Gasteiger partial charge in [-0.05, 0) is 73.4 Å². The Morgan fingerprint density at radius 3 is 2.44 bits per heavy atom. The molecule has 0 radical (unpaired) electrons. The number of benzene rings is 1. The van der Waals surface area contributed by atoms with Crippen LogP contribution < -0.4 is 0 Å². The number of allylic oxidation sites excluding steroid dienone is 2. The Labute approximate surface area is 242 Å². The van der Waals surface area contributed by atoms with Gasteiger partial charge in [-0.1, -0.05) is 62.9 Å². The van der Waals surface area contributed by atoms with Crippen LogP contribution in [0.2, 0.25) is 0 Å². The number of aliphatic hydroxyl groups excluding tert-OH is 2. The summed E-state index contributed by atoms with van der Waals surface area (Å²) >= 11 is 0. The van der Waals surface area contributed by atoms with E-state index >= 15 is 0 Å². The van der Waals surface area contributed by atoms with Crippen LogP contribution in [0.15, 0.2) is 59.8 Å². The fourth-order valence-electron chi connectivity index (χ4n) is 7.24. The first-order valence-corrected chi connectivity index (χ1v) is 15.1. The molecule has 4 atom stereocenters. The van der Waals surface area contributed by atoms with Crippen molar-refractivity contribution < 1.29 is 24.9 Å². The van der Waals surface area contributed by atoms with E-state index in [1.807, 2.05) is 50.3 Å². The number of pyridine rings is 1. The van der Waals surface area contributed by atoms with E-state index in [4.69, 9.17) is 0 Å². The molecule has 0 bridgehead atoms. The maximum atomic E-state index is 13.8. The van der Waals surface area contributed by atoms with Crippen molar-refractivity contribution in [1.82, 2.24) is 9.88 Å². The maximum Gasteiger partial charge on any atom is 0.234 e. The van der Waals surface area contributed by atoms with Crippen LogP contribution in [0.4, 0.5) is 0 Å². The minimum absolute atomic E-state index is 0.0509. The fourth-order valence-corrected chi connectivity index (χ4v) is 7.24. The van der Waals surface area contributed by atoms with Crippen molar-refractivity contribution in [3.8, 4) is 5.75 Å². The van der Waals surface area contributed by atoms with E-state index in [9.17, 15) is 24.9 Å². The third-order valence-corrected chi connectivity index (χ3v) is 9.29. The van der Waals surface area contributed by atoms with Crippen LogP contribution in [0, 0.1) is 23.7 Å². The summed E-state index contributed by atoms with van der Waals surface area (Å²) in [7, 11) is 0. The van der Waals surface area contributed by atoms with Crippen LogP contribution in [-0.2, 0) is 9.59 Å². The Morgan fingerprint density at radius 1 is 1.05 bits per heavy atom. The molecule has 7 nitrogen and oxygen atoms in total.